The molecule has 15 heavy (non-hydrogen) atoms. The molecule has 0 amide bonds. The van der Waals surface area contributed by atoms with Crippen LogP contribution in [-0.2, 0) is 6.54 Å². The molecule has 0 unspecified atom stereocenters. The zero-order chi connectivity index (χ0) is 11.1. The highest BCUT2D eigenvalue weighted by atomic mass is 15.0. The van der Waals surface area contributed by atoms with E-state index in [2.05, 4.69) is 47.8 Å². The molecule has 0 saturated carbocycles. The van der Waals surface area contributed by atoms with E-state index in [1.165, 1.54) is 5.69 Å². The molecule has 84 valence electrons. The molecule has 1 rings (SSSR count). The van der Waals surface area contributed by atoms with E-state index in [1.54, 1.807) is 0 Å². The molecule has 0 radical (unpaired) electrons. The Labute approximate surface area is 92.2 Å². The second kappa shape index (κ2) is 6.40. The molecule has 0 saturated heterocycles. The number of rotatable bonds is 6. The van der Waals surface area contributed by atoms with Gasteiger partial charge in [0, 0.05) is 19.1 Å². The van der Waals surface area contributed by atoms with Crippen molar-refractivity contribution >= 4 is 6.08 Å². The summed E-state index contributed by atoms with van der Waals surface area (Å²) in [5.74, 6) is 0. The monoisotopic (exact) mass is 207 g/mol. The van der Waals surface area contributed by atoms with Crippen molar-refractivity contribution in [1.29, 1.82) is 0 Å². The van der Waals surface area contributed by atoms with E-state index in [-0.39, 0.29) is 0 Å². The number of nitrogens with one attached hydrogen (secondary N) is 1. The average molecular weight is 207 g/mol. The van der Waals surface area contributed by atoms with Gasteiger partial charge in [-0.1, -0.05) is 26.8 Å². The third-order valence-corrected chi connectivity index (χ3v) is 2.14. The maximum atomic E-state index is 4.15. The van der Waals surface area contributed by atoms with Crippen molar-refractivity contribution in [2.45, 2.75) is 39.8 Å². The first-order valence-corrected chi connectivity index (χ1v) is 5.64. The zero-order valence-corrected chi connectivity index (χ0v) is 9.90. The minimum atomic E-state index is 0.537. The van der Waals surface area contributed by atoms with Gasteiger partial charge in [0.05, 0.1) is 18.2 Å². The fourth-order valence-electron chi connectivity index (χ4n) is 1.38. The van der Waals surface area contributed by atoms with E-state index < -0.39 is 0 Å². The van der Waals surface area contributed by atoms with Gasteiger partial charge < -0.3 is 9.88 Å². The molecule has 0 aliphatic rings. The second-order valence-electron chi connectivity index (χ2n) is 3.98. The minimum absolute atomic E-state index is 0.537. The van der Waals surface area contributed by atoms with Crippen LogP contribution in [0.4, 0.5) is 0 Å². The lowest BCUT2D eigenvalue weighted by Gasteiger charge is -2.04. The van der Waals surface area contributed by atoms with Gasteiger partial charge in [-0.3, -0.25) is 0 Å². The van der Waals surface area contributed by atoms with Crippen LogP contribution >= 0.6 is 0 Å². The van der Waals surface area contributed by atoms with Crippen LogP contribution in [0.3, 0.4) is 0 Å². The van der Waals surface area contributed by atoms with Crippen LogP contribution in [0, 0.1) is 0 Å². The van der Waals surface area contributed by atoms with Gasteiger partial charge in [-0.25, -0.2) is 4.98 Å². The molecule has 0 aliphatic heterocycles. The Morgan fingerprint density at radius 3 is 3.00 bits per heavy atom. The van der Waals surface area contributed by atoms with Crippen molar-refractivity contribution in [2.24, 2.45) is 0 Å². The van der Waals surface area contributed by atoms with E-state index in [9.17, 15) is 0 Å². The van der Waals surface area contributed by atoms with Crippen molar-refractivity contribution in [3.8, 4) is 0 Å². The van der Waals surface area contributed by atoms with Crippen LogP contribution in [0.15, 0.2) is 18.6 Å². The molecule has 1 heterocycles. The Morgan fingerprint density at radius 2 is 2.33 bits per heavy atom. The Kier molecular flexibility index (Phi) is 5.12. The van der Waals surface area contributed by atoms with E-state index in [4.69, 9.17) is 0 Å². The summed E-state index contributed by atoms with van der Waals surface area (Å²) < 4.78 is 2.17. The fourth-order valence-corrected chi connectivity index (χ4v) is 1.38. The summed E-state index contributed by atoms with van der Waals surface area (Å²) in [5.41, 5.74) is 1.18. The normalized spacial score (nSPS) is 11.7. The average Bonchev–Trinajstić information content (AvgIpc) is 2.61. The summed E-state index contributed by atoms with van der Waals surface area (Å²) in [5, 5.41) is 3.34. The van der Waals surface area contributed by atoms with Crippen LogP contribution in [0.5, 0.6) is 0 Å². The first-order valence-electron chi connectivity index (χ1n) is 5.64. The molecule has 1 N–H and O–H groups in total. The molecule has 3 heteroatoms. The number of hydrogen-bond donors (Lipinski definition) is 1. The van der Waals surface area contributed by atoms with Gasteiger partial charge >= 0.3 is 0 Å². The topological polar surface area (TPSA) is 29.9 Å². The molecular weight excluding hydrogens is 186 g/mol. The summed E-state index contributed by atoms with van der Waals surface area (Å²) >= 11 is 0. The van der Waals surface area contributed by atoms with E-state index in [0.717, 1.165) is 19.5 Å². The third kappa shape index (κ3) is 4.30. The molecule has 0 bridgehead atoms. The SMILES string of the molecule is CCCn1cncc1C=CCNC(C)C. The van der Waals surface area contributed by atoms with E-state index in [1.807, 2.05) is 12.5 Å². The number of imidazole rings is 1. The standard InChI is InChI=1S/C12H21N3/c1-4-8-15-10-13-9-12(15)6-5-7-14-11(2)3/h5-6,9-11,14H,4,7-8H2,1-3H3. The number of aromatic nitrogens is 2. The van der Waals surface area contributed by atoms with Crippen LogP contribution in [0.25, 0.3) is 6.08 Å². The smallest absolute Gasteiger partial charge is 0.0950 e. The van der Waals surface area contributed by atoms with Crippen molar-refractivity contribution < 1.29 is 0 Å². The summed E-state index contributed by atoms with van der Waals surface area (Å²) in [6, 6.07) is 0.537. The predicted molar refractivity (Wildman–Crippen MR) is 64.7 cm³/mol. The quantitative estimate of drug-likeness (QED) is 0.775. The van der Waals surface area contributed by atoms with Crippen molar-refractivity contribution in [3.05, 3.63) is 24.3 Å². The maximum Gasteiger partial charge on any atom is 0.0950 e. The van der Waals surface area contributed by atoms with E-state index in [0.29, 0.717) is 6.04 Å². The van der Waals surface area contributed by atoms with Crippen LogP contribution in [-0.4, -0.2) is 22.1 Å². The molecule has 3 nitrogen and oxygen atoms in total. The van der Waals surface area contributed by atoms with E-state index >= 15 is 0 Å². The first-order chi connectivity index (χ1) is 7.24. The van der Waals surface area contributed by atoms with Crippen molar-refractivity contribution in [3.63, 3.8) is 0 Å². The van der Waals surface area contributed by atoms with Gasteiger partial charge in [-0.2, -0.15) is 0 Å². The van der Waals surface area contributed by atoms with Crippen molar-refractivity contribution in [2.75, 3.05) is 6.54 Å². The molecule has 0 aromatic carbocycles. The first kappa shape index (κ1) is 12.0. The molecule has 0 atom stereocenters. The summed E-state index contributed by atoms with van der Waals surface area (Å²) in [4.78, 5) is 4.15. The fraction of sp³-hybridized carbons (Fsp3) is 0.583. The van der Waals surface area contributed by atoms with Crippen molar-refractivity contribution in [1.82, 2.24) is 14.9 Å². The summed E-state index contributed by atoms with van der Waals surface area (Å²) in [6.07, 6.45) is 9.20. The van der Waals surface area contributed by atoms with Gasteiger partial charge in [-0.05, 0) is 12.5 Å². The van der Waals surface area contributed by atoms with Crippen LogP contribution in [0.1, 0.15) is 32.9 Å². The zero-order valence-electron chi connectivity index (χ0n) is 9.90. The lowest BCUT2D eigenvalue weighted by atomic mass is 10.3. The Balaban J connectivity index is 2.45. The molecular formula is C12H21N3. The molecule has 1 aromatic rings. The Morgan fingerprint density at radius 1 is 1.53 bits per heavy atom. The maximum absolute atomic E-state index is 4.15. The predicted octanol–water partition coefficient (Wildman–Crippen LogP) is 2.30. The van der Waals surface area contributed by atoms with Gasteiger partial charge in [0.1, 0.15) is 0 Å². The number of nitrogens with zero attached hydrogens (tertiary/aromatic N) is 2. The molecule has 1 aromatic heterocycles. The second-order valence-corrected chi connectivity index (χ2v) is 3.98. The lowest BCUT2D eigenvalue weighted by molar-refractivity contribution is 0.633. The minimum Gasteiger partial charge on any atom is -0.331 e. The van der Waals surface area contributed by atoms with Crippen LogP contribution in [0.2, 0.25) is 0 Å². The van der Waals surface area contributed by atoms with Gasteiger partial charge in [-0.15, -0.1) is 0 Å². The largest absolute Gasteiger partial charge is 0.331 e. The lowest BCUT2D eigenvalue weighted by Crippen LogP contribution is -2.22. The number of hydrogen-bond acceptors (Lipinski definition) is 2. The molecule has 0 fully saturated rings. The highest BCUT2D eigenvalue weighted by Crippen LogP contribution is 2.02. The third-order valence-electron chi connectivity index (χ3n) is 2.14. The van der Waals surface area contributed by atoms with Gasteiger partial charge in [0.15, 0.2) is 0 Å². The highest BCUT2D eigenvalue weighted by Gasteiger charge is 1.95. The highest BCUT2D eigenvalue weighted by molar-refractivity contribution is 5.43. The van der Waals surface area contributed by atoms with Gasteiger partial charge in [0.2, 0.25) is 0 Å². The van der Waals surface area contributed by atoms with Gasteiger partial charge in [0.25, 0.3) is 0 Å². The molecule has 0 aliphatic carbocycles. The van der Waals surface area contributed by atoms with Crippen LogP contribution < -0.4 is 5.32 Å². The summed E-state index contributed by atoms with van der Waals surface area (Å²) in [7, 11) is 0. The number of aryl methyl sites for hydroxylation is 1. The summed E-state index contributed by atoms with van der Waals surface area (Å²) in [6.45, 7) is 8.42. The Hall–Kier alpha value is -1.09. The Bertz CT molecular complexity index is 300. The molecule has 0 spiro atoms.